The highest BCUT2D eigenvalue weighted by Crippen LogP contribution is 2.14. The number of carbonyl (C=O) groups excluding carboxylic acids is 1. The fourth-order valence-electron chi connectivity index (χ4n) is 2.02. The minimum Gasteiger partial charge on any atom is -0.296 e. The van der Waals surface area contributed by atoms with Crippen LogP contribution in [0.25, 0.3) is 0 Å². The van der Waals surface area contributed by atoms with Crippen LogP contribution in [-0.2, 0) is 13.1 Å². The first-order valence-electron chi connectivity index (χ1n) is 6.47. The molecule has 0 saturated heterocycles. The molecular formula is C15H17BrN4O. The van der Waals surface area contributed by atoms with Crippen LogP contribution in [0.3, 0.4) is 0 Å². The smallest absolute Gasteiger partial charge is 0.266 e. The minimum absolute atomic E-state index is 0.337. The standard InChI is InChI=1S/C15H17BrN4O/c1-20(9-11-3-2-4-13(16)7-11)10-14-6-5-12(8-18-14)15(21)19-17/h2-8H,9-10,17H2,1H3,(H,19,21). The summed E-state index contributed by atoms with van der Waals surface area (Å²) in [6.07, 6.45) is 1.53. The first-order chi connectivity index (χ1) is 10.1. The molecule has 0 fully saturated rings. The molecular weight excluding hydrogens is 332 g/mol. The summed E-state index contributed by atoms with van der Waals surface area (Å²) in [4.78, 5) is 17.8. The van der Waals surface area contributed by atoms with Gasteiger partial charge in [0.1, 0.15) is 0 Å². The Hall–Kier alpha value is -1.76. The van der Waals surface area contributed by atoms with Gasteiger partial charge in [-0.15, -0.1) is 0 Å². The molecule has 6 heteroatoms. The van der Waals surface area contributed by atoms with Crippen molar-refractivity contribution in [2.75, 3.05) is 7.05 Å². The molecule has 110 valence electrons. The zero-order chi connectivity index (χ0) is 15.2. The summed E-state index contributed by atoms with van der Waals surface area (Å²) >= 11 is 3.47. The number of nitrogens with two attached hydrogens (primary N) is 1. The van der Waals surface area contributed by atoms with Gasteiger partial charge in [-0.25, -0.2) is 5.84 Å². The van der Waals surface area contributed by atoms with E-state index in [2.05, 4.69) is 43.4 Å². The topological polar surface area (TPSA) is 71.2 Å². The number of nitrogens with one attached hydrogen (secondary N) is 1. The number of benzene rings is 1. The van der Waals surface area contributed by atoms with E-state index in [4.69, 9.17) is 5.84 Å². The second-order valence-corrected chi connectivity index (χ2v) is 5.73. The largest absolute Gasteiger partial charge is 0.296 e. The Morgan fingerprint density at radius 1 is 1.33 bits per heavy atom. The molecule has 21 heavy (non-hydrogen) atoms. The SMILES string of the molecule is CN(Cc1cccc(Br)c1)Cc1ccc(C(=O)NN)cn1. The van der Waals surface area contributed by atoms with Crippen LogP contribution in [0.2, 0.25) is 0 Å². The molecule has 1 amide bonds. The maximum Gasteiger partial charge on any atom is 0.266 e. The molecule has 2 aromatic rings. The molecule has 0 spiro atoms. The number of pyridine rings is 1. The van der Waals surface area contributed by atoms with Crippen LogP contribution in [-0.4, -0.2) is 22.8 Å². The molecule has 0 aliphatic heterocycles. The molecule has 0 aliphatic rings. The zero-order valence-corrected chi connectivity index (χ0v) is 13.3. The van der Waals surface area contributed by atoms with Gasteiger partial charge in [-0.3, -0.25) is 20.1 Å². The van der Waals surface area contributed by atoms with Crippen LogP contribution in [0.1, 0.15) is 21.6 Å². The summed E-state index contributed by atoms with van der Waals surface area (Å²) in [7, 11) is 2.03. The first kappa shape index (κ1) is 15.6. The highest BCUT2D eigenvalue weighted by molar-refractivity contribution is 9.10. The number of nitrogen functional groups attached to an aromatic ring is 1. The van der Waals surface area contributed by atoms with Gasteiger partial charge >= 0.3 is 0 Å². The van der Waals surface area contributed by atoms with Crippen LogP contribution in [0, 0.1) is 0 Å². The molecule has 0 atom stereocenters. The minimum atomic E-state index is -0.337. The average Bonchev–Trinajstić information content (AvgIpc) is 2.47. The third-order valence-electron chi connectivity index (χ3n) is 2.99. The van der Waals surface area contributed by atoms with Crippen molar-refractivity contribution in [3.8, 4) is 0 Å². The van der Waals surface area contributed by atoms with Gasteiger partial charge in [0.05, 0.1) is 11.3 Å². The van der Waals surface area contributed by atoms with Crippen molar-refractivity contribution in [2.24, 2.45) is 5.84 Å². The number of hydrogen-bond acceptors (Lipinski definition) is 4. The Labute approximate surface area is 132 Å². The molecule has 0 radical (unpaired) electrons. The van der Waals surface area contributed by atoms with Gasteiger partial charge in [-0.05, 0) is 36.9 Å². The lowest BCUT2D eigenvalue weighted by atomic mass is 10.2. The van der Waals surface area contributed by atoms with E-state index in [0.717, 1.165) is 16.7 Å². The fourth-order valence-corrected chi connectivity index (χ4v) is 2.46. The van der Waals surface area contributed by atoms with E-state index in [1.165, 1.54) is 11.8 Å². The molecule has 5 nitrogen and oxygen atoms in total. The number of nitrogens with zero attached hydrogens (tertiary/aromatic N) is 2. The molecule has 2 rings (SSSR count). The van der Waals surface area contributed by atoms with Crippen molar-refractivity contribution in [1.82, 2.24) is 15.3 Å². The predicted octanol–water partition coefficient (Wildman–Crippen LogP) is 2.08. The van der Waals surface area contributed by atoms with Crippen LogP contribution >= 0.6 is 15.9 Å². The average molecular weight is 349 g/mol. The molecule has 0 aliphatic carbocycles. The maximum atomic E-state index is 11.3. The zero-order valence-electron chi connectivity index (χ0n) is 11.7. The van der Waals surface area contributed by atoms with Crippen LogP contribution < -0.4 is 11.3 Å². The molecule has 3 N–H and O–H groups in total. The Bertz CT molecular complexity index is 615. The lowest BCUT2D eigenvalue weighted by molar-refractivity contribution is 0.0953. The number of rotatable bonds is 5. The van der Waals surface area contributed by atoms with Crippen molar-refractivity contribution in [1.29, 1.82) is 0 Å². The normalized spacial score (nSPS) is 10.7. The van der Waals surface area contributed by atoms with Crippen molar-refractivity contribution in [3.05, 3.63) is 63.9 Å². The molecule has 1 heterocycles. The quantitative estimate of drug-likeness (QED) is 0.493. The Balaban J connectivity index is 1.96. The van der Waals surface area contributed by atoms with Crippen molar-refractivity contribution < 1.29 is 4.79 Å². The predicted molar refractivity (Wildman–Crippen MR) is 85.2 cm³/mol. The van der Waals surface area contributed by atoms with E-state index < -0.39 is 0 Å². The highest BCUT2D eigenvalue weighted by Gasteiger charge is 2.06. The molecule has 1 aromatic carbocycles. The van der Waals surface area contributed by atoms with E-state index >= 15 is 0 Å². The van der Waals surface area contributed by atoms with Gasteiger partial charge in [-0.1, -0.05) is 28.1 Å². The maximum absolute atomic E-state index is 11.3. The van der Waals surface area contributed by atoms with Gasteiger partial charge < -0.3 is 0 Å². The lowest BCUT2D eigenvalue weighted by Crippen LogP contribution is -2.30. The summed E-state index contributed by atoms with van der Waals surface area (Å²) in [6.45, 7) is 1.53. The highest BCUT2D eigenvalue weighted by atomic mass is 79.9. The third-order valence-corrected chi connectivity index (χ3v) is 3.48. The molecule has 1 aromatic heterocycles. The van der Waals surface area contributed by atoms with E-state index in [9.17, 15) is 4.79 Å². The van der Waals surface area contributed by atoms with E-state index in [1.807, 2.05) is 25.2 Å². The summed E-state index contributed by atoms with van der Waals surface area (Å²) in [6, 6.07) is 11.8. The monoisotopic (exact) mass is 348 g/mol. The second kappa shape index (κ2) is 7.31. The van der Waals surface area contributed by atoms with Crippen LogP contribution in [0.15, 0.2) is 47.1 Å². The number of aromatic nitrogens is 1. The Morgan fingerprint density at radius 3 is 2.76 bits per heavy atom. The van der Waals surface area contributed by atoms with Crippen LogP contribution in [0.4, 0.5) is 0 Å². The van der Waals surface area contributed by atoms with E-state index in [0.29, 0.717) is 12.1 Å². The van der Waals surface area contributed by atoms with Gasteiger partial charge in [0, 0.05) is 23.8 Å². The Kier molecular flexibility index (Phi) is 5.44. The Morgan fingerprint density at radius 2 is 2.14 bits per heavy atom. The lowest BCUT2D eigenvalue weighted by Gasteiger charge is -2.16. The summed E-state index contributed by atoms with van der Waals surface area (Å²) in [5.41, 5.74) is 4.67. The molecule has 0 saturated carbocycles. The van der Waals surface area contributed by atoms with E-state index in [1.54, 1.807) is 6.07 Å². The van der Waals surface area contributed by atoms with Crippen molar-refractivity contribution >= 4 is 21.8 Å². The summed E-state index contributed by atoms with van der Waals surface area (Å²) in [5, 5.41) is 0. The van der Waals surface area contributed by atoms with Crippen LogP contribution in [0.5, 0.6) is 0 Å². The number of halogens is 1. The second-order valence-electron chi connectivity index (χ2n) is 4.81. The van der Waals surface area contributed by atoms with Gasteiger partial charge in [-0.2, -0.15) is 0 Å². The molecule has 0 unspecified atom stereocenters. The first-order valence-corrected chi connectivity index (χ1v) is 7.26. The van der Waals surface area contributed by atoms with Gasteiger partial charge in [0.25, 0.3) is 5.91 Å². The number of carbonyl (C=O) groups is 1. The summed E-state index contributed by atoms with van der Waals surface area (Å²) in [5.74, 6) is 4.75. The number of amides is 1. The third kappa shape index (κ3) is 4.63. The number of hydrazine groups is 1. The van der Waals surface area contributed by atoms with Crippen molar-refractivity contribution in [2.45, 2.75) is 13.1 Å². The summed E-state index contributed by atoms with van der Waals surface area (Å²) < 4.78 is 1.07. The van der Waals surface area contributed by atoms with Gasteiger partial charge in [0.15, 0.2) is 0 Å². The molecule has 0 bridgehead atoms. The van der Waals surface area contributed by atoms with Gasteiger partial charge in [0.2, 0.25) is 0 Å². The van der Waals surface area contributed by atoms with Crippen molar-refractivity contribution in [3.63, 3.8) is 0 Å². The fraction of sp³-hybridized carbons (Fsp3) is 0.200. The van der Waals surface area contributed by atoms with E-state index in [-0.39, 0.29) is 5.91 Å². The number of hydrogen-bond donors (Lipinski definition) is 2.